The number of esters is 1. The molecule has 0 amide bonds. The van der Waals surface area contributed by atoms with Crippen molar-refractivity contribution >= 4 is 16.2 Å². The molecule has 0 spiro atoms. The van der Waals surface area contributed by atoms with Gasteiger partial charge in [-0.3, -0.25) is 0 Å². The molecule has 0 unspecified atom stereocenters. The van der Waals surface area contributed by atoms with E-state index in [9.17, 15) is 24.2 Å². The second kappa shape index (κ2) is 4.85. The van der Waals surface area contributed by atoms with Crippen LogP contribution >= 0.6 is 10.2 Å². The van der Waals surface area contributed by atoms with Gasteiger partial charge in [0.15, 0.2) is 0 Å². The number of para-hydroxylation sites is 1. The Morgan fingerprint density at radius 2 is 1.57 bits per heavy atom. The van der Waals surface area contributed by atoms with E-state index >= 15 is 0 Å². The zero-order valence-electron chi connectivity index (χ0n) is 11.6. The maximum atomic E-state index is 12.9. The molecule has 0 fully saturated rings. The van der Waals surface area contributed by atoms with E-state index in [1.54, 1.807) is 6.07 Å². The van der Waals surface area contributed by atoms with E-state index in [4.69, 9.17) is 9.47 Å². The molecule has 2 aromatic rings. The van der Waals surface area contributed by atoms with Crippen molar-refractivity contribution in [3.8, 4) is 11.5 Å². The van der Waals surface area contributed by atoms with Crippen LogP contribution in [0.15, 0.2) is 53.4 Å². The van der Waals surface area contributed by atoms with E-state index in [0.717, 1.165) is 7.11 Å². The maximum Gasteiger partial charge on any atom is 0.347 e. The van der Waals surface area contributed by atoms with Crippen LogP contribution in [0.4, 0.5) is 19.4 Å². The van der Waals surface area contributed by atoms with Crippen LogP contribution in [0, 0.1) is 0 Å². The molecule has 0 saturated heterocycles. The average molecular weight is 354 g/mol. The van der Waals surface area contributed by atoms with Crippen LogP contribution in [0.5, 0.6) is 11.5 Å². The summed E-state index contributed by atoms with van der Waals surface area (Å²) in [7, 11) is -8.82. The van der Waals surface area contributed by atoms with Crippen molar-refractivity contribution in [1.82, 2.24) is 0 Å². The van der Waals surface area contributed by atoms with E-state index in [0.29, 0.717) is 6.07 Å². The Hall–Kier alpha value is -2.29. The topological polar surface area (TPSA) is 35.5 Å². The van der Waals surface area contributed by atoms with Crippen LogP contribution in [0.2, 0.25) is 0 Å². The third kappa shape index (κ3) is 4.13. The van der Waals surface area contributed by atoms with Crippen molar-refractivity contribution < 1.29 is 33.7 Å². The summed E-state index contributed by atoms with van der Waals surface area (Å²) in [5.41, 5.74) is -0.748. The molecule has 2 rings (SSSR count). The highest BCUT2D eigenvalue weighted by atomic mass is 32.5. The Balaban J connectivity index is 2.47. The molecule has 2 aromatic carbocycles. The predicted octanol–water partition coefficient (Wildman–Crippen LogP) is 5.57. The van der Waals surface area contributed by atoms with Gasteiger partial charge >= 0.3 is 16.2 Å². The predicted molar refractivity (Wildman–Crippen MR) is 75.8 cm³/mol. The molecule has 0 aliphatic heterocycles. The summed E-state index contributed by atoms with van der Waals surface area (Å²) < 4.78 is 73.9. The lowest BCUT2D eigenvalue weighted by Crippen LogP contribution is -2.13. The van der Waals surface area contributed by atoms with Gasteiger partial charge in [0.1, 0.15) is 22.0 Å². The molecule has 9 heteroatoms. The average Bonchev–Trinajstić information content (AvgIpc) is 2.45. The van der Waals surface area contributed by atoms with Gasteiger partial charge in [-0.15, -0.1) is 0 Å². The highest BCUT2D eigenvalue weighted by Gasteiger charge is 2.65. The molecule has 0 bridgehead atoms. The minimum absolute atomic E-state index is 0.0334. The zero-order valence-corrected chi connectivity index (χ0v) is 12.5. The van der Waals surface area contributed by atoms with E-state index in [2.05, 4.69) is 0 Å². The van der Waals surface area contributed by atoms with Crippen molar-refractivity contribution in [3.63, 3.8) is 0 Å². The van der Waals surface area contributed by atoms with Crippen LogP contribution < -0.4 is 9.47 Å². The number of hydrogen-bond donors (Lipinski definition) is 0. The molecule has 3 nitrogen and oxygen atoms in total. The maximum absolute atomic E-state index is 12.9. The largest absolute Gasteiger partial charge is 0.496 e. The Morgan fingerprint density at radius 3 is 2.09 bits per heavy atom. The van der Waals surface area contributed by atoms with Crippen molar-refractivity contribution in [3.05, 3.63) is 54.1 Å². The van der Waals surface area contributed by atoms with Crippen molar-refractivity contribution in [2.24, 2.45) is 0 Å². The number of benzene rings is 2. The Kier molecular flexibility index (Phi) is 3.60. The third-order valence-electron chi connectivity index (χ3n) is 2.79. The van der Waals surface area contributed by atoms with Crippen molar-refractivity contribution in [1.29, 1.82) is 0 Å². The van der Waals surface area contributed by atoms with E-state index < -0.39 is 26.7 Å². The van der Waals surface area contributed by atoms with Crippen LogP contribution in [0.3, 0.4) is 0 Å². The second-order valence-corrected chi connectivity index (χ2v) is 6.94. The summed E-state index contributed by atoms with van der Waals surface area (Å²) in [6.45, 7) is 0. The van der Waals surface area contributed by atoms with Crippen LogP contribution in [-0.4, -0.2) is 13.1 Å². The summed E-state index contributed by atoms with van der Waals surface area (Å²) in [4.78, 5) is 9.79. The highest BCUT2D eigenvalue weighted by Crippen LogP contribution is 3.02. The van der Waals surface area contributed by atoms with Crippen LogP contribution in [0.1, 0.15) is 10.4 Å². The van der Waals surface area contributed by atoms with E-state index in [-0.39, 0.29) is 23.6 Å². The van der Waals surface area contributed by atoms with Gasteiger partial charge in [0.05, 0.1) is 7.11 Å². The summed E-state index contributed by atoms with van der Waals surface area (Å²) in [6, 6.07) is 8.32. The van der Waals surface area contributed by atoms with Gasteiger partial charge in [0.25, 0.3) is 0 Å². The van der Waals surface area contributed by atoms with Gasteiger partial charge in [-0.25, -0.2) is 4.79 Å². The van der Waals surface area contributed by atoms with Crippen LogP contribution in [0.25, 0.3) is 0 Å². The molecule has 0 aliphatic rings. The number of rotatable bonds is 4. The lowest BCUT2D eigenvalue weighted by Gasteiger charge is -2.40. The molecule has 0 aliphatic carbocycles. The number of ether oxygens (including phenoxy) is 2. The Morgan fingerprint density at radius 1 is 0.957 bits per heavy atom. The minimum Gasteiger partial charge on any atom is -0.496 e. The molecule has 0 heterocycles. The molecule has 0 N–H and O–H groups in total. The summed E-state index contributed by atoms with van der Waals surface area (Å²) >= 11 is 0. The first-order valence-corrected chi connectivity index (χ1v) is 8.05. The normalized spacial score (nSPS) is 14.5. The first-order valence-electron chi connectivity index (χ1n) is 6.10. The molecule has 126 valence electrons. The quantitative estimate of drug-likeness (QED) is 0.409. The summed E-state index contributed by atoms with van der Waals surface area (Å²) in [6.07, 6.45) is 0. The molecule has 0 aromatic heterocycles. The summed E-state index contributed by atoms with van der Waals surface area (Å²) in [5, 5.41) is 0. The molecular weight excluding hydrogens is 343 g/mol. The van der Waals surface area contributed by atoms with E-state index in [1.807, 2.05) is 0 Å². The van der Waals surface area contributed by atoms with Gasteiger partial charge in [-0.05, 0) is 30.3 Å². The minimum atomic E-state index is -9.91. The van der Waals surface area contributed by atoms with Gasteiger partial charge in [-0.1, -0.05) is 37.6 Å². The lowest BCUT2D eigenvalue weighted by atomic mass is 10.2. The number of halogens is 5. The smallest absolute Gasteiger partial charge is 0.347 e. The highest BCUT2D eigenvalue weighted by molar-refractivity contribution is 8.45. The lowest BCUT2D eigenvalue weighted by molar-refractivity contribution is 0.0731. The second-order valence-electron chi connectivity index (χ2n) is 4.53. The fourth-order valence-corrected chi connectivity index (χ4v) is 2.40. The zero-order chi connectivity index (χ0) is 17.4. The molecule has 0 saturated carbocycles. The summed E-state index contributed by atoms with van der Waals surface area (Å²) in [5.74, 6) is -1.49. The molecule has 0 atom stereocenters. The number of hydrogen-bond acceptors (Lipinski definition) is 3. The number of methoxy groups -OCH3 is 1. The van der Waals surface area contributed by atoms with Crippen molar-refractivity contribution in [2.45, 2.75) is 4.90 Å². The standard InChI is InChI=1S/C14H11F5O3S/c1-21-13-8-7-11(23(15,16,17,18)19)9-12(13)14(20)22-10-5-3-2-4-6-10/h2-9H,1H3. The SMILES string of the molecule is COc1ccc(S(F)(F)(F)(F)F)cc1C(=O)Oc1ccccc1. The van der Waals surface area contributed by atoms with Gasteiger partial charge in [0.2, 0.25) is 0 Å². The van der Waals surface area contributed by atoms with Crippen molar-refractivity contribution in [2.75, 3.05) is 7.11 Å². The van der Waals surface area contributed by atoms with E-state index in [1.165, 1.54) is 24.3 Å². The van der Waals surface area contributed by atoms with Gasteiger partial charge < -0.3 is 9.47 Å². The fraction of sp³-hybridized carbons (Fsp3) is 0.0714. The molecule has 23 heavy (non-hydrogen) atoms. The van der Waals surface area contributed by atoms with Gasteiger partial charge in [-0.2, -0.15) is 0 Å². The molecular formula is C14H11F5O3S. The fourth-order valence-electron chi connectivity index (χ4n) is 1.74. The van der Waals surface area contributed by atoms with Crippen LogP contribution in [-0.2, 0) is 0 Å². The van der Waals surface area contributed by atoms with Gasteiger partial charge in [0, 0.05) is 0 Å². The Bertz CT molecular complexity index is 744. The third-order valence-corrected chi connectivity index (χ3v) is 3.93. The first kappa shape index (κ1) is 17.1. The number of carbonyl (C=O) groups excluding carboxylic acids is 1. The molecule has 0 radical (unpaired) electrons. The Labute approximate surface area is 128 Å². The number of carbonyl (C=O) groups is 1. The monoisotopic (exact) mass is 354 g/mol. The first-order chi connectivity index (χ1) is 10.4.